The third kappa shape index (κ3) is 7.31. The number of unbranched alkanes of at least 4 members (excludes halogenated alkanes) is 9. The largest absolute Gasteiger partial charge is 1.00 e. The zero-order valence-corrected chi connectivity index (χ0v) is 18.9. The van der Waals surface area contributed by atoms with Crippen molar-refractivity contribution >= 4 is 21.2 Å². The molecule has 7 heteroatoms. The van der Waals surface area contributed by atoms with Crippen LogP contribution in [0.5, 0.6) is 0 Å². The van der Waals surface area contributed by atoms with E-state index in [2.05, 4.69) is 11.9 Å². The summed E-state index contributed by atoms with van der Waals surface area (Å²) in [6.07, 6.45) is 12.2. The van der Waals surface area contributed by atoms with Crippen molar-refractivity contribution in [2.75, 3.05) is 0 Å². The van der Waals surface area contributed by atoms with Crippen LogP contribution < -0.4 is 29.6 Å². The number of fused-ring (bicyclic) bond motifs is 1. The van der Waals surface area contributed by atoms with Crippen molar-refractivity contribution in [3.8, 4) is 0 Å². The molecule has 0 unspecified atom stereocenters. The molecule has 0 aliphatic carbocycles. The van der Waals surface area contributed by atoms with Crippen molar-refractivity contribution in [1.82, 2.24) is 9.55 Å². The summed E-state index contributed by atoms with van der Waals surface area (Å²) in [6, 6.07) is 7.17. The van der Waals surface area contributed by atoms with Gasteiger partial charge in [-0.2, -0.15) is 0 Å². The first-order chi connectivity index (χ1) is 12.0. The summed E-state index contributed by atoms with van der Waals surface area (Å²) in [5.41, 5.74) is 1.27. The van der Waals surface area contributed by atoms with Gasteiger partial charge in [0, 0.05) is 6.54 Å². The molecular weight excluding hydrogens is 359 g/mol. The summed E-state index contributed by atoms with van der Waals surface area (Å²) in [6.45, 7) is 2.75. The van der Waals surface area contributed by atoms with Gasteiger partial charge >= 0.3 is 29.6 Å². The summed E-state index contributed by atoms with van der Waals surface area (Å²) in [4.78, 5) is 4.01. The molecule has 0 radical (unpaired) electrons. The van der Waals surface area contributed by atoms with Crippen LogP contribution in [-0.4, -0.2) is 22.5 Å². The van der Waals surface area contributed by atoms with E-state index < -0.39 is 10.1 Å². The molecule has 0 amide bonds. The fourth-order valence-corrected chi connectivity index (χ4v) is 3.89. The topological polar surface area (TPSA) is 75.0 Å². The van der Waals surface area contributed by atoms with Crippen LogP contribution in [0.3, 0.4) is 0 Å². The number of rotatable bonds is 12. The smallest absolute Gasteiger partial charge is 0.742 e. The van der Waals surface area contributed by atoms with Crippen molar-refractivity contribution < 1.29 is 42.5 Å². The van der Waals surface area contributed by atoms with E-state index in [4.69, 9.17) is 0 Å². The van der Waals surface area contributed by atoms with Gasteiger partial charge in [0.25, 0.3) is 0 Å². The van der Waals surface area contributed by atoms with E-state index in [0.29, 0.717) is 17.6 Å². The van der Waals surface area contributed by atoms with E-state index in [1.165, 1.54) is 44.9 Å². The van der Waals surface area contributed by atoms with E-state index in [1.807, 2.05) is 12.1 Å². The molecule has 26 heavy (non-hydrogen) atoms. The number of aryl methyl sites for hydroxylation is 1. The minimum atomic E-state index is -4.56. The monoisotopic (exact) mass is 388 g/mol. The molecule has 1 aromatic heterocycles. The van der Waals surface area contributed by atoms with E-state index in [0.717, 1.165) is 19.3 Å². The van der Waals surface area contributed by atoms with Gasteiger partial charge in [-0.1, -0.05) is 76.8 Å². The number of nitrogens with zero attached hydrogens (tertiary/aromatic N) is 2. The van der Waals surface area contributed by atoms with Crippen molar-refractivity contribution in [1.29, 1.82) is 0 Å². The second-order valence-corrected chi connectivity index (χ2v) is 7.94. The van der Waals surface area contributed by atoms with Crippen LogP contribution in [0.15, 0.2) is 29.4 Å². The maximum atomic E-state index is 11.5. The number of hydrogen-bond acceptors (Lipinski definition) is 4. The van der Waals surface area contributed by atoms with Crippen LogP contribution in [0.2, 0.25) is 0 Å². The molecule has 2 rings (SSSR count). The normalized spacial score (nSPS) is 11.6. The van der Waals surface area contributed by atoms with Gasteiger partial charge in [0.2, 0.25) is 5.16 Å². The number of para-hydroxylation sites is 2. The maximum absolute atomic E-state index is 11.5. The van der Waals surface area contributed by atoms with Gasteiger partial charge < -0.3 is 9.12 Å². The Morgan fingerprint density at radius 3 is 2.04 bits per heavy atom. The Bertz CT molecular complexity index is 759. The van der Waals surface area contributed by atoms with Crippen LogP contribution in [-0.2, 0) is 16.7 Å². The first kappa shape index (κ1) is 23.6. The summed E-state index contributed by atoms with van der Waals surface area (Å²) < 4.78 is 36.0. The predicted molar refractivity (Wildman–Crippen MR) is 99.5 cm³/mol. The predicted octanol–water partition coefficient (Wildman–Crippen LogP) is 1.87. The van der Waals surface area contributed by atoms with Crippen molar-refractivity contribution in [2.24, 2.45) is 0 Å². The van der Waals surface area contributed by atoms with E-state index in [1.54, 1.807) is 16.7 Å². The molecule has 5 nitrogen and oxygen atoms in total. The fraction of sp³-hybridized carbons (Fsp3) is 0.632. The summed E-state index contributed by atoms with van der Waals surface area (Å²) >= 11 is 0. The minimum absolute atomic E-state index is 0. The van der Waals surface area contributed by atoms with Crippen LogP contribution in [0.1, 0.15) is 71.1 Å². The molecular formula is C19H29N2NaO3S. The zero-order valence-electron chi connectivity index (χ0n) is 16.1. The molecule has 2 aromatic rings. The summed E-state index contributed by atoms with van der Waals surface area (Å²) in [5, 5.41) is -0.357. The average Bonchev–Trinajstić information content (AvgIpc) is 2.96. The first-order valence-electron chi connectivity index (χ1n) is 9.45. The van der Waals surface area contributed by atoms with E-state index in [-0.39, 0.29) is 34.7 Å². The zero-order chi connectivity index (χ0) is 18.1. The first-order valence-corrected chi connectivity index (χ1v) is 10.9. The standard InChI is InChI=1S/C19H30N2O3S.Na/c1-2-3-4-5-6-7-8-9-10-13-16-21-18-15-12-11-14-17(18)20-19(21)25(22,23)24;/h11-12,14-15H,2-10,13,16H2,1H3,(H,22,23,24);/q;+1/p-1. The number of aromatic nitrogens is 2. The average molecular weight is 389 g/mol. The molecule has 0 bridgehead atoms. The van der Waals surface area contributed by atoms with Crippen molar-refractivity contribution in [2.45, 2.75) is 82.8 Å². The molecule has 0 aliphatic rings. The molecule has 0 aliphatic heterocycles. The Balaban J connectivity index is 0.00000338. The number of imidazole rings is 1. The molecule has 1 heterocycles. The second-order valence-electron chi connectivity index (χ2n) is 6.67. The summed E-state index contributed by atoms with van der Waals surface area (Å²) in [5.74, 6) is 0. The molecule has 140 valence electrons. The Kier molecular flexibility index (Phi) is 11.0. The SMILES string of the molecule is CCCCCCCCCCCCn1c(S(=O)(=O)[O-])nc2ccccc21.[Na+]. The van der Waals surface area contributed by atoms with Crippen LogP contribution in [0.4, 0.5) is 0 Å². The van der Waals surface area contributed by atoms with Gasteiger partial charge in [-0.3, -0.25) is 0 Å². The van der Waals surface area contributed by atoms with Crippen LogP contribution >= 0.6 is 0 Å². The Labute approximate surface area is 179 Å². The van der Waals surface area contributed by atoms with Crippen LogP contribution in [0, 0.1) is 0 Å². The third-order valence-electron chi connectivity index (χ3n) is 4.58. The molecule has 0 fully saturated rings. The Morgan fingerprint density at radius 1 is 0.923 bits per heavy atom. The van der Waals surface area contributed by atoms with Crippen molar-refractivity contribution in [3.05, 3.63) is 24.3 Å². The fourth-order valence-electron chi connectivity index (χ4n) is 3.22. The van der Waals surface area contributed by atoms with Gasteiger partial charge in [0.1, 0.15) is 0 Å². The Morgan fingerprint density at radius 2 is 1.46 bits per heavy atom. The van der Waals surface area contributed by atoms with Gasteiger partial charge in [-0.25, -0.2) is 13.4 Å². The number of benzene rings is 1. The van der Waals surface area contributed by atoms with E-state index >= 15 is 0 Å². The molecule has 0 saturated carbocycles. The molecule has 0 atom stereocenters. The van der Waals surface area contributed by atoms with Gasteiger partial charge in [0.05, 0.1) is 11.0 Å². The number of hydrogen-bond donors (Lipinski definition) is 0. The van der Waals surface area contributed by atoms with E-state index in [9.17, 15) is 13.0 Å². The second kappa shape index (κ2) is 12.1. The maximum Gasteiger partial charge on any atom is 1.00 e. The quantitative estimate of drug-likeness (QED) is 0.316. The van der Waals surface area contributed by atoms with Gasteiger partial charge in [0.15, 0.2) is 10.1 Å². The Hall–Kier alpha value is -0.400. The third-order valence-corrected chi connectivity index (χ3v) is 5.34. The minimum Gasteiger partial charge on any atom is -0.742 e. The molecule has 0 spiro atoms. The molecule has 1 aromatic carbocycles. The molecule has 0 saturated heterocycles. The van der Waals surface area contributed by atoms with Gasteiger partial charge in [-0.15, -0.1) is 0 Å². The van der Waals surface area contributed by atoms with Crippen molar-refractivity contribution in [3.63, 3.8) is 0 Å². The van der Waals surface area contributed by atoms with Gasteiger partial charge in [-0.05, 0) is 18.6 Å². The summed E-state index contributed by atoms with van der Waals surface area (Å²) in [7, 11) is -4.56. The molecule has 0 N–H and O–H groups in total. The van der Waals surface area contributed by atoms with Crippen LogP contribution in [0.25, 0.3) is 11.0 Å².